The number of aliphatic hydroxyl groups is 2. The molecule has 0 rings (SSSR count). The standard InChI is InChI=1S/C20H40O12.C3H4O2/c1-19(22)32-20(23)18-31-17-16-30-15-14-29-13-12-28-11-10-27-9-8-26-7-6-25-5-4-24-3-2-21;1-2-3(4)5/h20-21,23H,2-18H2,1H3;2H,1H2,(H,4,5). The molecule has 0 saturated heterocycles. The molecule has 0 aromatic rings. The molecule has 1 unspecified atom stereocenters. The first kappa shape index (κ1) is 37.4. The summed E-state index contributed by atoms with van der Waals surface area (Å²) in [6.07, 6.45) is -0.422. The van der Waals surface area contributed by atoms with Gasteiger partial charge in [0.1, 0.15) is 6.61 Å². The van der Waals surface area contributed by atoms with Gasteiger partial charge >= 0.3 is 11.9 Å². The second-order valence-corrected chi connectivity index (χ2v) is 6.69. The van der Waals surface area contributed by atoms with Crippen LogP contribution in [0.5, 0.6) is 0 Å². The summed E-state index contributed by atoms with van der Waals surface area (Å²) in [5, 5.41) is 25.4. The second kappa shape index (κ2) is 32.3. The number of ether oxygens (including phenoxy) is 9. The van der Waals surface area contributed by atoms with E-state index in [1.165, 1.54) is 6.92 Å². The molecule has 0 amide bonds. The third kappa shape index (κ3) is 39.0. The van der Waals surface area contributed by atoms with Crippen molar-refractivity contribution in [3.05, 3.63) is 12.7 Å². The molecular formula is C23H44O14. The third-order valence-corrected chi connectivity index (χ3v) is 3.58. The van der Waals surface area contributed by atoms with E-state index in [9.17, 15) is 14.7 Å². The molecule has 0 saturated carbocycles. The van der Waals surface area contributed by atoms with Gasteiger partial charge in [0.05, 0.1) is 106 Å². The van der Waals surface area contributed by atoms with Crippen LogP contribution in [-0.4, -0.2) is 146 Å². The minimum atomic E-state index is -1.25. The van der Waals surface area contributed by atoms with Gasteiger partial charge in [-0.1, -0.05) is 6.58 Å². The molecule has 220 valence electrons. The van der Waals surface area contributed by atoms with Crippen molar-refractivity contribution in [1.29, 1.82) is 0 Å². The van der Waals surface area contributed by atoms with Crippen molar-refractivity contribution >= 4 is 11.9 Å². The van der Waals surface area contributed by atoms with E-state index in [1.54, 1.807) is 0 Å². The Morgan fingerprint density at radius 2 is 0.919 bits per heavy atom. The summed E-state index contributed by atoms with van der Waals surface area (Å²) < 4.78 is 46.7. The largest absolute Gasteiger partial charge is 0.478 e. The highest BCUT2D eigenvalue weighted by atomic mass is 16.7. The molecule has 37 heavy (non-hydrogen) atoms. The topological polar surface area (TPSA) is 178 Å². The van der Waals surface area contributed by atoms with Crippen molar-refractivity contribution < 1.29 is 67.5 Å². The number of rotatable bonds is 27. The summed E-state index contributed by atoms with van der Waals surface area (Å²) in [6.45, 7) is 10.7. The SMILES string of the molecule is C=CC(=O)O.CC(=O)OC(O)COCCOCCOCCOCCOCCOCCOCCOCCO. The minimum Gasteiger partial charge on any atom is -0.478 e. The molecule has 0 aromatic carbocycles. The monoisotopic (exact) mass is 544 g/mol. The predicted octanol–water partition coefficient (Wildman–Crippen LogP) is -0.750. The summed E-state index contributed by atoms with van der Waals surface area (Å²) in [7, 11) is 0. The Balaban J connectivity index is 0. The summed E-state index contributed by atoms with van der Waals surface area (Å²) in [5.41, 5.74) is 0. The van der Waals surface area contributed by atoms with Crippen LogP contribution in [0.2, 0.25) is 0 Å². The molecule has 1 atom stereocenters. The van der Waals surface area contributed by atoms with Crippen LogP contribution in [0.25, 0.3) is 0 Å². The van der Waals surface area contributed by atoms with Gasteiger partial charge < -0.3 is 58.0 Å². The van der Waals surface area contributed by atoms with Gasteiger partial charge in [-0.3, -0.25) is 4.79 Å². The van der Waals surface area contributed by atoms with E-state index in [-0.39, 0.29) is 19.8 Å². The van der Waals surface area contributed by atoms with E-state index in [2.05, 4.69) is 11.3 Å². The molecule has 14 heteroatoms. The fraction of sp³-hybridized carbons (Fsp3) is 0.826. The van der Waals surface area contributed by atoms with Crippen molar-refractivity contribution in [2.24, 2.45) is 0 Å². The molecule has 0 aliphatic heterocycles. The Labute approximate surface area is 218 Å². The number of carboxylic acids is 1. The van der Waals surface area contributed by atoms with Crippen LogP contribution in [0.3, 0.4) is 0 Å². The molecule has 0 spiro atoms. The van der Waals surface area contributed by atoms with Crippen molar-refractivity contribution in [3.8, 4) is 0 Å². The fourth-order valence-electron chi connectivity index (χ4n) is 2.01. The van der Waals surface area contributed by atoms with Crippen molar-refractivity contribution in [2.75, 3.05) is 112 Å². The smallest absolute Gasteiger partial charge is 0.327 e. The molecule has 0 bridgehead atoms. The fourth-order valence-corrected chi connectivity index (χ4v) is 2.01. The summed E-state index contributed by atoms with van der Waals surface area (Å²) in [5.74, 6) is -1.54. The molecule has 3 N–H and O–H groups in total. The molecule has 0 fully saturated rings. The first-order chi connectivity index (χ1) is 17.9. The Hall–Kier alpha value is -1.72. The van der Waals surface area contributed by atoms with Gasteiger partial charge in [0.25, 0.3) is 0 Å². The van der Waals surface area contributed by atoms with Gasteiger partial charge in [-0.2, -0.15) is 0 Å². The maximum absolute atomic E-state index is 10.6. The molecule has 0 heterocycles. The van der Waals surface area contributed by atoms with E-state index in [1.807, 2.05) is 0 Å². The van der Waals surface area contributed by atoms with Crippen molar-refractivity contribution in [3.63, 3.8) is 0 Å². The Morgan fingerprint density at radius 3 is 1.16 bits per heavy atom. The number of carbonyl (C=O) groups is 2. The number of hydrogen-bond acceptors (Lipinski definition) is 13. The van der Waals surface area contributed by atoms with Gasteiger partial charge in [-0.15, -0.1) is 0 Å². The van der Waals surface area contributed by atoms with E-state index in [0.29, 0.717) is 92.5 Å². The first-order valence-corrected chi connectivity index (χ1v) is 11.9. The van der Waals surface area contributed by atoms with Crippen LogP contribution in [-0.2, 0) is 52.2 Å². The Morgan fingerprint density at radius 1 is 0.649 bits per heavy atom. The van der Waals surface area contributed by atoms with E-state index < -0.39 is 18.2 Å². The maximum Gasteiger partial charge on any atom is 0.327 e. The highest BCUT2D eigenvalue weighted by Gasteiger charge is 2.06. The van der Waals surface area contributed by atoms with Gasteiger partial charge in [0.15, 0.2) is 0 Å². The lowest BCUT2D eigenvalue weighted by molar-refractivity contribution is -0.175. The average molecular weight is 545 g/mol. The van der Waals surface area contributed by atoms with Crippen LogP contribution in [0, 0.1) is 0 Å². The number of carboxylic acid groups (broad SMARTS) is 1. The summed E-state index contributed by atoms with van der Waals surface area (Å²) in [6, 6.07) is 0. The van der Waals surface area contributed by atoms with Crippen molar-refractivity contribution in [1.82, 2.24) is 0 Å². The predicted molar refractivity (Wildman–Crippen MR) is 129 cm³/mol. The lowest BCUT2D eigenvalue weighted by Crippen LogP contribution is -2.22. The molecule has 0 aliphatic rings. The maximum atomic E-state index is 10.6. The van der Waals surface area contributed by atoms with E-state index in [4.69, 9.17) is 48.1 Å². The molecule has 0 aliphatic carbocycles. The Bertz CT molecular complexity index is 506. The second-order valence-electron chi connectivity index (χ2n) is 6.69. The zero-order chi connectivity index (χ0) is 27.8. The summed E-state index contributed by atoms with van der Waals surface area (Å²) in [4.78, 5) is 19.8. The quantitative estimate of drug-likeness (QED) is 0.0509. The van der Waals surface area contributed by atoms with Crippen LogP contribution in [0.15, 0.2) is 12.7 Å². The summed E-state index contributed by atoms with van der Waals surface area (Å²) >= 11 is 0. The Kier molecular flexibility index (Phi) is 32.7. The van der Waals surface area contributed by atoms with Gasteiger partial charge in [0.2, 0.25) is 6.29 Å². The average Bonchev–Trinajstić information content (AvgIpc) is 2.86. The number of aliphatic hydroxyl groups excluding tert-OH is 2. The normalized spacial score (nSPS) is 11.4. The van der Waals surface area contributed by atoms with Crippen LogP contribution in [0.4, 0.5) is 0 Å². The van der Waals surface area contributed by atoms with Gasteiger partial charge in [0, 0.05) is 13.0 Å². The lowest BCUT2D eigenvalue weighted by Gasteiger charge is -2.11. The number of hydrogen-bond donors (Lipinski definition) is 3. The molecule has 0 aromatic heterocycles. The minimum absolute atomic E-state index is 0.0196. The molecule has 0 radical (unpaired) electrons. The van der Waals surface area contributed by atoms with E-state index in [0.717, 1.165) is 6.08 Å². The molecule has 14 nitrogen and oxygen atoms in total. The number of carbonyl (C=O) groups excluding carboxylic acids is 1. The van der Waals surface area contributed by atoms with E-state index >= 15 is 0 Å². The zero-order valence-corrected chi connectivity index (χ0v) is 21.7. The highest BCUT2D eigenvalue weighted by Crippen LogP contribution is 1.90. The van der Waals surface area contributed by atoms with Crippen LogP contribution in [0.1, 0.15) is 6.92 Å². The molecular weight excluding hydrogens is 500 g/mol. The van der Waals surface area contributed by atoms with Crippen LogP contribution < -0.4 is 0 Å². The number of aliphatic carboxylic acids is 1. The van der Waals surface area contributed by atoms with Crippen molar-refractivity contribution in [2.45, 2.75) is 13.2 Å². The van der Waals surface area contributed by atoms with Crippen LogP contribution >= 0.6 is 0 Å². The number of esters is 1. The lowest BCUT2D eigenvalue weighted by atomic mass is 10.6. The zero-order valence-electron chi connectivity index (χ0n) is 21.7. The van der Waals surface area contributed by atoms with Gasteiger partial charge in [-0.05, 0) is 0 Å². The highest BCUT2D eigenvalue weighted by molar-refractivity contribution is 5.78. The van der Waals surface area contributed by atoms with Gasteiger partial charge in [-0.25, -0.2) is 4.79 Å². The first-order valence-electron chi connectivity index (χ1n) is 11.9. The third-order valence-electron chi connectivity index (χ3n) is 3.58.